The van der Waals surface area contributed by atoms with Crippen LogP contribution in [0.3, 0.4) is 0 Å². The minimum absolute atomic E-state index is 0.00781. The van der Waals surface area contributed by atoms with Crippen molar-refractivity contribution in [2.24, 2.45) is 0 Å². The Morgan fingerprint density at radius 3 is 2.87 bits per heavy atom. The molecule has 2 aromatic rings. The third-order valence-corrected chi connectivity index (χ3v) is 2.44. The van der Waals surface area contributed by atoms with Crippen LogP contribution in [0.5, 0.6) is 0 Å². The maximum absolute atomic E-state index is 10.4. The van der Waals surface area contributed by atoms with E-state index in [1.807, 2.05) is 6.07 Å². The minimum atomic E-state index is -0.471. The van der Waals surface area contributed by atoms with E-state index in [9.17, 15) is 10.1 Å². The first-order chi connectivity index (χ1) is 7.25. The molecule has 0 atom stereocenters. The van der Waals surface area contributed by atoms with Gasteiger partial charge in [0.25, 0.3) is 0 Å². The van der Waals surface area contributed by atoms with Crippen LogP contribution >= 0.6 is 11.3 Å². The number of aromatic nitrogens is 2. The van der Waals surface area contributed by atoms with Crippen LogP contribution in [0.1, 0.15) is 0 Å². The lowest BCUT2D eigenvalue weighted by Crippen LogP contribution is -1.90. The molecular formula is C8H6N4O2S. The Bertz CT molecular complexity index is 471. The van der Waals surface area contributed by atoms with Gasteiger partial charge in [0.05, 0.1) is 4.92 Å². The van der Waals surface area contributed by atoms with Gasteiger partial charge in [-0.1, -0.05) is 6.07 Å². The fourth-order valence-corrected chi connectivity index (χ4v) is 1.59. The van der Waals surface area contributed by atoms with Gasteiger partial charge in [-0.25, -0.2) is 9.97 Å². The molecule has 7 heteroatoms. The number of nitrogens with zero attached hydrogens (tertiary/aromatic N) is 3. The summed E-state index contributed by atoms with van der Waals surface area (Å²) in [7, 11) is 0. The Labute approximate surface area is 88.8 Å². The maximum Gasteiger partial charge on any atom is 0.345 e. The molecule has 0 saturated heterocycles. The van der Waals surface area contributed by atoms with Gasteiger partial charge < -0.3 is 5.32 Å². The molecule has 2 rings (SSSR count). The van der Waals surface area contributed by atoms with Crippen molar-refractivity contribution < 1.29 is 4.92 Å². The molecule has 0 amide bonds. The molecule has 0 aliphatic heterocycles. The molecule has 0 aliphatic rings. The van der Waals surface area contributed by atoms with E-state index in [0.29, 0.717) is 10.9 Å². The van der Waals surface area contributed by atoms with Crippen molar-refractivity contribution in [2.75, 3.05) is 5.32 Å². The maximum atomic E-state index is 10.4. The van der Waals surface area contributed by atoms with Crippen LogP contribution in [0, 0.1) is 10.1 Å². The van der Waals surface area contributed by atoms with Gasteiger partial charge in [0, 0.05) is 6.20 Å². The monoisotopic (exact) mass is 222 g/mol. The molecule has 0 fully saturated rings. The third-order valence-electron chi connectivity index (χ3n) is 1.57. The lowest BCUT2D eigenvalue weighted by atomic mass is 10.5. The van der Waals surface area contributed by atoms with Crippen molar-refractivity contribution in [3.05, 3.63) is 40.7 Å². The van der Waals surface area contributed by atoms with Crippen LogP contribution in [-0.2, 0) is 0 Å². The fourth-order valence-electron chi connectivity index (χ4n) is 0.954. The summed E-state index contributed by atoms with van der Waals surface area (Å²) < 4.78 is 0. The molecule has 6 nitrogen and oxygen atoms in total. The van der Waals surface area contributed by atoms with Crippen LogP contribution in [0.2, 0.25) is 0 Å². The van der Waals surface area contributed by atoms with Crippen LogP contribution in [0.15, 0.2) is 30.6 Å². The number of nitrogens with one attached hydrogen (secondary N) is 1. The molecule has 0 aromatic carbocycles. The quantitative estimate of drug-likeness (QED) is 0.635. The summed E-state index contributed by atoms with van der Waals surface area (Å²) in [5, 5.41) is 13.7. The van der Waals surface area contributed by atoms with Gasteiger partial charge >= 0.3 is 5.00 Å². The highest BCUT2D eigenvalue weighted by molar-refractivity contribution is 7.18. The number of anilines is 2. The lowest BCUT2D eigenvalue weighted by Gasteiger charge is -1.98. The van der Waals surface area contributed by atoms with E-state index in [1.54, 1.807) is 18.3 Å². The Kier molecular flexibility index (Phi) is 2.55. The molecule has 0 bridgehead atoms. The normalized spacial score (nSPS) is 9.87. The Hall–Kier alpha value is -2.02. The first-order valence-corrected chi connectivity index (χ1v) is 4.85. The van der Waals surface area contributed by atoms with Crippen molar-refractivity contribution >= 4 is 27.3 Å². The number of hydrogen-bond donors (Lipinski definition) is 1. The summed E-state index contributed by atoms with van der Waals surface area (Å²) in [6.07, 6.45) is 2.85. The third kappa shape index (κ3) is 2.26. The predicted molar refractivity (Wildman–Crippen MR) is 56.3 cm³/mol. The van der Waals surface area contributed by atoms with Crippen LogP contribution in [-0.4, -0.2) is 14.9 Å². The first kappa shape index (κ1) is 9.53. The smallest absolute Gasteiger partial charge is 0.316 e. The molecule has 1 N–H and O–H groups in total. The van der Waals surface area contributed by atoms with Crippen molar-refractivity contribution in [1.82, 2.24) is 9.97 Å². The van der Waals surface area contributed by atoms with Crippen molar-refractivity contribution in [2.45, 2.75) is 0 Å². The highest BCUT2D eigenvalue weighted by Crippen LogP contribution is 2.26. The molecule has 2 heterocycles. The van der Waals surface area contributed by atoms with E-state index in [1.165, 1.54) is 6.20 Å². The van der Waals surface area contributed by atoms with E-state index < -0.39 is 4.92 Å². The van der Waals surface area contributed by atoms with Gasteiger partial charge in [0.15, 0.2) is 5.13 Å². The molecule has 0 unspecified atom stereocenters. The zero-order valence-electron chi connectivity index (χ0n) is 7.45. The summed E-state index contributed by atoms with van der Waals surface area (Å²) in [6, 6.07) is 5.36. The van der Waals surface area contributed by atoms with E-state index in [4.69, 9.17) is 0 Å². The van der Waals surface area contributed by atoms with Crippen molar-refractivity contribution in [3.63, 3.8) is 0 Å². The van der Waals surface area contributed by atoms with Crippen LogP contribution in [0.25, 0.3) is 0 Å². The number of hydrogen-bond acceptors (Lipinski definition) is 6. The molecule has 0 saturated carbocycles. The average molecular weight is 222 g/mol. The lowest BCUT2D eigenvalue weighted by molar-refractivity contribution is -0.380. The van der Waals surface area contributed by atoms with E-state index in [2.05, 4.69) is 15.3 Å². The van der Waals surface area contributed by atoms with Gasteiger partial charge in [-0.15, -0.1) is 0 Å². The van der Waals surface area contributed by atoms with Gasteiger partial charge in [-0.2, -0.15) is 0 Å². The van der Waals surface area contributed by atoms with Crippen molar-refractivity contribution in [1.29, 1.82) is 0 Å². The van der Waals surface area contributed by atoms with E-state index in [0.717, 1.165) is 11.3 Å². The SMILES string of the molecule is O=[N+]([O-])c1cnc(Nc2ccccn2)s1. The van der Waals surface area contributed by atoms with Gasteiger partial charge in [-0.05, 0) is 23.5 Å². The standard InChI is InChI=1S/C8H6N4O2S/c13-12(14)7-5-10-8(15-7)11-6-3-1-2-4-9-6/h1-5H,(H,9,10,11). The van der Waals surface area contributed by atoms with E-state index >= 15 is 0 Å². The zero-order valence-corrected chi connectivity index (χ0v) is 8.27. The Morgan fingerprint density at radius 2 is 2.27 bits per heavy atom. The molecule has 76 valence electrons. The Balaban J connectivity index is 2.15. The largest absolute Gasteiger partial charge is 0.345 e. The molecule has 0 spiro atoms. The average Bonchev–Trinajstić information content (AvgIpc) is 2.68. The number of nitro groups is 1. The number of rotatable bonds is 3. The van der Waals surface area contributed by atoms with E-state index in [-0.39, 0.29) is 5.00 Å². The molecule has 2 aromatic heterocycles. The summed E-state index contributed by atoms with van der Waals surface area (Å²) in [4.78, 5) is 17.8. The molecule has 0 aliphatic carbocycles. The summed E-state index contributed by atoms with van der Waals surface area (Å²) in [5.41, 5.74) is 0. The van der Waals surface area contributed by atoms with Gasteiger partial charge in [-0.3, -0.25) is 10.1 Å². The van der Waals surface area contributed by atoms with Gasteiger partial charge in [0.1, 0.15) is 12.0 Å². The van der Waals surface area contributed by atoms with Crippen molar-refractivity contribution in [3.8, 4) is 0 Å². The first-order valence-electron chi connectivity index (χ1n) is 4.04. The zero-order chi connectivity index (χ0) is 10.7. The van der Waals surface area contributed by atoms with Gasteiger partial charge in [0.2, 0.25) is 0 Å². The molecule has 15 heavy (non-hydrogen) atoms. The van der Waals surface area contributed by atoms with Crippen LogP contribution in [0.4, 0.5) is 16.0 Å². The molecule has 0 radical (unpaired) electrons. The highest BCUT2D eigenvalue weighted by Gasteiger charge is 2.11. The Morgan fingerprint density at radius 1 is 1.40 bits per heavy atom. The second kappa shape index (κ2) is 4.01. The number of thiazole rings is 1. The van der Waals surface area contributed by atoms with Crippen LogP contribution < -0.4 is 5.32 Å². The minimum Gasteiger partial charge on any atom is -0.316 e. The highest BCUT2D eigenvalue weighted by atomic mass is 32.1. The summed E-state index contributed by atoms with van der Waals surface area (Å²) >= 11 is 0.975. The second-order valence-electron chi connectivity index (χ2n) is 2.60. The predicted octanol–water partition coefficient (Wildman–Crippen LogP) is 2.19. The fraction of sp³-hybridized carbons (Fsp3) is 0. The second-order valence-corrected chi connectivity index (χ2v) is 3.61. The molecular weight excluding hydrogens is 216 g/mol. The number of pyridine rings is 1. The summed E-state index contributed by atoms with van der Waals surface area (Å²) in [5.74, 6) is 0.613. The topological polar surface area (TPSA) is 81.0 Å². The summed E-state index contributed by atoms with van der Waals surface area (Å²) in [6.45, 7) is 0.